The van der Waals surface area contributed by atoms with Crippen LogP contribution < -0.4 is 5.32 Å². The van der Waals surface area contributed by atoms with Crippen LogP contribution in [0, 0.1) is 0 Å². The van der Waals surface area contributed by atoms with Gasteiger partial charge in [0.15, 0.2) is 0 Å². The molecule has 2 amide bonds. The summed E-state index contributed by atoms with van der Waals surface area (Å²) in [4.78, 5) is 30.2. The molecular formula is C21H23N3O3. The highest BCUT2D eigenvalue weighted by atomic mass is 16.3. The molecule has 2 aliphatic rings. The van der Waals surface area contributed by atoms with Crippen molar-refractivity contribution in [3.05, 3.63) is 53.9 Å². The summed E-state index contributed by atoms with van der Waals surface area (Å²) in [6, 6.07) is 7.27. The summed E-state index contributed by atoms with van der Waals surface area (Å²) in [5, 5.41) is 13.6. The van der Waals surface area contributed by atoms with Crippen molar-refractivity contribution < 1.29 is 14.7 Å². The fourth-order valence-corrected chi connectivity index (χ4v) is 3.88. The van der Waals surface area contributed by atoms with Crippen LogP contribution in [0.2, 0.25) is 0 Å². The monoisotopic (exact) mass is 365 g/mol. The van der Waals surface area contributed by atoms with Gasteiger partial charge in [-0.1, -0.05) is 38.1 Å². The molecule has 0 aliphatic carbocycles. The number of aliphatic hydroxyl groups excluding tert-OH is 1. The van der Waals surface area contributed by atoms with E-state index in [1.165, 1.54) is 4.90 Å². The topological polar surface area (TPSA) is 85.4 Å². The molecule has 2 fully saturated rings. The van der Waals surface area contributed by atoms with Crippen molar-refractivity contribution in [2.24, 2.45) is 0 Å². The van der Waals surface area contributed by atoms with Crippen molar-refractivity contribution in [2.45, 2.75) is 37.8 Å². The van der Waals surface area contributed by atoms with E-state index in [-0.39, 0.29) is 35.9 Å². The van der Waals surface area contributed by atoms with Gasteiger partial charge in [-0.25, -0.2) is 0 Å². The number of H-pyrrole nitrogens is 1. The van der Waals surface area contributed by atoms with Crippen LogP contribution >= 0.6 is 0 Å². The van der Waals surface area contributed by atoms with Crippen LogP contribution in [0.5, 0.6) is 0 Å². The van der Waals surface area contributed by atoms with E-state index < -0.39 is 12.1 Å². The predicted octanol–water partition coefficient (Wildman–Crippen LogP) is 2.06. The van der Waals surface area contributed by atoms with Gasteiger partial charge < -0.3 is 20.3 Å². The Morgan fingerprint density at radius 2 is 2.04 bits per heavy atom. The molecule has 3 heterocycles. The number of rotatable bonds is 3. The quantitative estimate of drug-likeness (QED) is 0.575. The Kier molecular flexibility index (Phi) is 3.96. The highest BCUT2D eigenvalue weighted by Crippen LogP contribution is 2.34. The number of nitrogens with zero attached hydrogens (tertiary/aromatic N) is 1. The fourth-order valence-electron chi connectivity index (χ4n) is 3.88. The molecule has 2 atom stereocenters. The molecule has 2 aliphatic heterocycles. The standard InChI is InChI=1S/C21H23N3O3/c1-4-21(2,3)18-14(13-7-5-6-8-15(13)22-18)10-16-20(27)24-11-12(25)9-17(24)19(26)23-16/h4-8,10,12,17,22,25H,1,9,11H2,2-3H3,(H,23,26)/t12-,17+/m1/s1. The van der Waals surface area contributed by atoms with E-state index in [1.807, 2.05) is 44.2 Å². The summed E-state index contributed by atoms with van der Waals surface area (Å²) < 4.78 is 0. The lowest BCUT2D eigenvalue weighted by molar-refractivity contribution is -0.140. The van der Waals surface area contributed by atoms with Crippen LogP contribution in [-0.4, -0.2) is 45.5 Å². The highest BCUT2D eigenvalue weighted by Gasteiger charge is 2.44. The van der Waals surface area contributed by atoms with E-state index in [4.69, 9.17) is 0 Å². The van der Waals surface area contributed by atoms with Gasteiger partial charge in [0.2, 0.25) is 5.91 Å². The van der Waals surface area contributed by atoms with Crippen molar-refractivity contribution in [1.82, 2.24) is 15.2 Å². The van der Waals surface area contributed by atoms with E-state index >= 15 is 0 Å². The Labute approximate surface area is 157 Å². The van der Waals surface area contributed by atoms with E-state index in [0.29, 0.717) is 0 Å². The van der Waals surface area contributed by atoms with Crippen molar-refractivity contribution in [2.75, 3.05) is 6.54 Å². The third-order valence-electron chi connectivity index (χ3n) is 5.52. The normalized spacial score (nSPS) is 24.4. The summed E-state index contributed by atoms with van der Waals surface area (Å²) in [6.07, 6.45) is 3.22. The minimum Gasteiger partial charge on any atom is -0.391 e. The van der Waals surface area contributed by atoms with Crippen LogP contribution in [0.3, 0.4) is 0 Å². The number of carbonyl (C=O) groups excluding carboxylic acids is 2. The second-order valence-corrected chi connectivity index (χ2v) is 7.80. The number of hydrogen-bond donors (Lipinski definition) is 3. The number of para-hydroxylation sites is 1. The molecular weight excluding hydrogens is 342 g/mol. The summed E-state index contributed by atoms with van der Waals surface area (Å²) in [5.41, 5.74) is 2.63. The van der Waals surface area contributed by atoms with Gasteiger partial charge in [-0.3, -0.25) is 9.59 Å². The molecule has 6 heteroatoms. The van der Waals surface area contributed by atoms with Gasteiger partial charge >= 0.3 is 0 Å². The molecule has 0 radical (unpaired) electrons. The summed E-state index contributed by atoms with van der Waals surface area (Å²) in [5.74, 6) is -0.509. The van der Waals surface area contributed by atoms with Crippen molar-refractivity contribution in [3.63, 3.8) is 0 Å². The average Bonchev–Trinajstić information content (AvgIpc) is 3.21. The Bertz CT molecular complexity index is 986. The summed E-state index contributed by atoms with van der Waals surface area (Å²) in [7, 11) is 0. The van der Waals surface area contributed by atoms with Gasteiger partial charge in [-0.05, 0) is 12.1 Å². The number of aromatic nitrogens is 1. The average molecular weight is 365 g/mol. The molecule has 0 spiro atoms. The molecule has 2 aromatic rings. The molecule has 3 N–H and O–H groups in total. The molecule has 4 rings (SSSR count). The molecule has 1 aromatic carbocycles. The lowest BCUT2D eigenvalue weighted by Gasteiger charge is -2.30. The molecule has 0 unspecified atom stereocenters. The molecule has 6 nitrogen and oxygen atoms in total. The lowest BCUT2D eigenvalue weighted by atomic mass is 9.86. The van der Waals surface area contributed by atoms with Crippen LogP contribution in [0.15, 0.2) is 42.6 Å². The molecule has 2 saturated heterocycles. The van der Waals surface area contributed by atoms with E-state index in [9.17, 15) is 14.7 Å². The number of piperazine rings is 1. The van der Waals surface area contributed by atoms with Crippen LogP contribution in [0.4, 0.5) is 0 Å². The van der Waals surface area contributed by atoms with Gasteiger partial charge in [-0.2, -0.15) is 0 Å². The third kappa shape index (κ3) is 2.77. The number of carbonyl (C=O) groups is 2. The Balaban J connectivity index is 1.85. The lowest BCUT2D eigenvalue weighted by Crippen LogP contribution is -2.54. The molecule has 0 saturated carbocycles. The number of aromatic amines is 1. The first-order chi connectivity index (χ1) is 12.8. The molecule has 0 bridgehead atoms. The van der Waals surface area contributed by atoms with Crippen LogP contribution in [-0.2, 0) is 15.0 Å². The zero-order valence-electron chi connectivity index (χ0n) is 15.5. The fraction of sp³-hybridized carbons (Fsp3) is 0.333. The Morgan fingerprint density at radius 3 is 2.78 bits per heavy atom. The molecule has 27 heavy (non-hydrogen) atoms. The predicted molar refractivity (Wildman–Crippen MR) is 104 cm³/mol. The number of amides is 2. The van der Waals surface area contributed by atoms with Gasteiger partial charge in [0.1, 0.15) is 11.7 Å². The van der Waals surface area contributed by atoms with Gasteiger partial charge in [-0.15, -0.1) is 6.58 Å². The number of hydrogen-bond acceptors (Lipinski definition) is 3. The number of nitrogens with one attached hydrogen (secondary N) is 2. The summed E-state index contributed by atoms with van der Waals surface area (Å²) >= 11 is 0. The van der Waals surface area contributed by atoms with Crippen LogP contribution in [0.25, 0.3) is 17.0 Å². The Morgan fingerprint density at radius 1 is 1.30 bits per heavy atom. The van der Waals surface area contributed by atoms with Crippen molar-refractivity contribution in [1.29, 1.82) is 0 Å². The SMILES string of the molecule is C=CC(C)(C)c1[nH]c2ccccc2c1C=C1NC(=O)[C@@H]2C[C@@H](O)CN2C1=O. The van der Waals surface area contributed by atoms with Gasteiger partial charge in [0.05, 0.1) is 6.10 Å². The molecule has 1 aromatic heterocycles. The van der Waals surface area contributed by atoms with E-state index in [2.05, 4.69) is 16.9 Å². The molecule has 140 valence electrons. The first-order valence-electron chi connectivity index (χ1n) is 9.08. The van der Waals surface area contributed by atoms with Gasteiger partial charge in [0, 0.05) is 40.5 Å². The minimum absolute atomic E-state index is 0.188. The maximum absolute atomic E-state index is 12.9. The number of benzene rings is 1. The zero-order chi connectivity index (χ0) is 19.3. The number of fused-ring (bicyclic) bond motifs is 2. The van der Waals surface area contributed by atoms with Crippen LogP contribution in [0.1, 0.15) is 31.5 Å². The third-order valence-corrected chi connectivity index (χ3v) is 5.52. The number of allylic oxidation sites excluding steroid dienone is 1. The maximum atomic E-state index is 12.9. The minimum atomic E-state index is -0.660. The maximum Gasteiger partial charge on any atom is 0.271 e. The Hall–Kier alpha value is -2.86. The first kappa shape index (κ1) is 17.5. The van der Waals surface area contributed by atoms with Crippen molar-refractivity contribution in [3.8, 4) is 0 Å². The second kappa shape index (κ2) is 6.09. The zero-order valence-corrected chi connectivity index (χ0v) is 15.5. The smallest absolute Gasteiger partial charge is 0.271 e. The largest absolute Gasteiger partial charge is 0.391 e. The van der Waals surface area contributed by atoms with Crippen molar-refractivity contribution >= 4 is 28.8 Å². The van der Waals surface area contributed by atoms with E-state index in [0.717, 1.165) is 22.2 Å². The highest BCUT2D eigenvalue weighted by molar-refractivity contribution is 6.09. The van der Waals surface area contributed by atoms with E-state index in [1.54, 1.807) is 6.08 Å². The summed E-state index contributed by atoms with van der Waals surface area (Å²) in [6.45, 7) is 8.20. The number of aliphatic hydroxyl groups is 1. The van der Waals surface area contributed by atoms with Gasteiger partial charge in [0.25, 0.3) is 5.91 Å². The first-order valence-corrected chi connectivity index (χ1v) is 9.08. The second-order valence-electron chi connectivity index (χ2n) is 7.80.